The van der Waals surface area contributed by atoms with Gasteiger partial charge in [0.25, 0.3) is 0 Å². The van der Waals surface area contributed by atoms with Gasteiger partial charge in [0, 0.05) is 26.7 Å². The SMILES string of the molecule is CCNc1ncc(Cl)c(N(CCOC)CC(C)C)n1. The van der Waals surface area contributed by atoms with Crippen LogP contribution in [-0.4, -0.2) is 43.3 Å². The summed E-state index contributed by atoms with van der Waals surface area (Å²) in [5.41, 5.74) is 0. The first-order valence-corrected chi connectivity index (χ1v) is 6.96. The van der Waals surface area contributed by atoms with Crippen molar-refractivity contribution in [3.8, 4) is 0 Å². The fourth-order valence-electron chi connectivity index (χ4n) is 1.75. The van der Waals surface area contributed by atoms with E-state index in [0.29, 0.717) is 23.5 Å². The standard InChI is InChI=1S/C13H23ClN4O/c1-5-15-13-16-8-11(14)12(17-13)18(6-7-19-4)9-10(2)3/h8,10H,5-7,9H2,1-4H3,(H,15,16,17). The Balaban J connectivity index is 2.94. The molecule has 5 nitrogen and oxygen atoms in total. The fourth-order valence-corrected chi connectivity index (χ4v) is 1.96. The summed E-state index contributed by atoms with van der Waals surface area (Å²) in [5, 5.41) is 3.67. The Hall–Kier alpha value is -1.07. The highest BCUT2D eigenvalue weighted by Crippen LogP contribution is 2.24. The molecule has 0 amide bonds. The molecule has 0 aliphatic heterocycles. The van der Waals surface area contributed by atoms with E-state index in [1.165, 1.54) is 0 Å². The minimum atomic E-state index is 0.519. The lowest BCUT2D eigenvalue weighted by Gasteiger charge is -2.26. The Kier molecular flexibility index (Phi) is 6.87. The van der Waals surface area contributed by atoms with Crippen LogP contribution in [0.15, 0.2) is 6.20 Å². The average molecular weight is 287 g/mol. The summed E-state index contributed by atoms with van der Waals surface area (Å²) in [6.07, 6.45) is 1.64. The number of methoxy groups -OCH3 is 1. The molecule has 0 atom stereocenters. The number of aromatic nitrogens is 2. The maximum atomic E-state index is 6.22. The van der Waals surface area contributed by atoms with Crippen molar-refractivity contribution in [2.24, 2.45) is 5.92 Å². The molecule has 1 aromatic rings. The molecule has 108 valence electrons. The summed E-state index contributed by atoms with van der Waals surface area (Å²) in [5.74, 6) is 1.89. The molecule has 0 aliphatic carbocycles. The monoisotopic (exact) mass is 286 g/mol. The van der Waals surface area contributed by atoms with Gasteiger partial charge in [-0.05, 0) is 12.8 Å². The Bertz CT molecular complexity index is 387. The Morgan fingerprint density at radius 3 is 2.79 bits per heavy atom. The summed E-state index contributed by atoms with van der Waals surface area (Å²) >= 11 is 6.22. The third kappa shape index (κ3) is 5.20. The van der Waals surface area contributed by atoms with E-state index in [4.69, 9.17) is 16.3 Å². The van der Waals surface area contributed by atoms with Crippen molar-refractivity contribution < 1.29 is 4.74 Å². The molecule has 0 spiro atoms. The first-order chi connectivity index (χ1) is 9.08. The average Bonchev–Trinajstić information content (AvgIpc) is 2.37. The van der Waals surface area contributed by atoms with E-state index >= 15 is 0 Å². The summed E-state index contributed by atoms with van der Waals surface area (Å²) in [4.78, 5) is 10.8. The van der Waals surface area contributed by atoms with Crippen molar-refractivity contribution in [3.05, 3.63) is 11.2 Å². The molecular formula is C13H23ClN4O. The lowest BCUT2D eigenvalue weighted by Crippen LogP contribution is -2.32. The lowest BCUT2D eigenvalue weighted by molar-refractivity contribution is 0.204. The second kappa shape index (κ2) is 8.17. The molecule has 0 saturated heterocycles. The summed E-state index contributed by atoms with van der Waals surface area (Å²) in [7, 11) is 1.69. The second-order valence-corrected chi connectivity index (χ2v) is 5.14. The third-order valence-corrected chi connectivity index (χ3v) is 2.78. The summed E-state index contributed by atoms with van der Waals surface area (Å²) < 4.78 is 5.15. The van der Waals surface area contributed by atoms with Crippen LogP contribution in [0, 0.1) is 5.92 Å². The molecule has 6 heteroatoms. The molecule has 0 aliphatic rings. The van der Waals surface area contributed by atoms with E-state index < -0.39 is 0 Å². The topological polar surface area (TPSA) is 50.3 Å². The third-order valence-electron chi connectivity index (χ3n) is 2.51. The van der Waals surface area contributed by atoms with Gasteiger partial charge in [0.05, 0.1) is 12.8 Å². The molecule has 1 aromatic heterocycles. The molecule has 0 bridgehead atoms. The van der Waals surface area contributed by atoms with Crippen molar-refractivity contribution in [3.63, 3.8) is 0 Å². The van der Waals surface area contributed by atoms with E-state index in [1.807, 2.05) is 6.92 Å². The number of nitrogens with one attached hydrogen (secondary N) is 1. The molecule has 0 radical (unpaired) electrons. The maximum absolute atomic E-state index is 6.22. The molecule has 1 heterocycles. The number of hydrogen-bond donors (Lipinski definition) is 1. The molecule has 1 N–H and O–H groups in total. The Labute approximate surface area is 120 Å². The van der Waals surface area contributed by atoms with Gasteiger partial charge in [0.1, 0.15) is 5.02 Å². The van der Waals surface area contributed by atoms with Gasteiger partial charge in [-0.25, -0.2) is 4.98 Å². The lowest BCUT2D eigenvalue weighted by atomic mass is 10.2. The molecule has 19 heavy (non-hydrogen) atoms. The highest BCUT2D eigenvalue weighted by Gasteiger charge is 2.15. The van der Waals surface area contributed by atoms with Crippen LogP contribution in [0.3, 0.4) is 0 Å². The van der Waals surface area contributed by atoms with Crippen molar-refractivity contribution >= 4 is 23.4 Å². The van der Waals surface area contributed by atoms with Crippen LogP contribution in [0.4, 0.5) is 11.8 Å². The molecule has 0 saturated carbocycles. The summed E-state index contributed by atoms with van der Waals surface area (Å²) in [6.45, 7) is 9.41. The fraction of sp³-hybridized carbons (Fsp3) is 0.692. The zero-order valence-corrected chi connectivity index (χ0v) is 12.9. The van der Waals surface area contributed by atoms with Gasteiger partial charge in [0.15, 0.2) is 5.82 Å². The second-order valence-electron chi connectivity index (χ2n) is 4.73. The Morgan fingerprint density at radius 2 is 2.21 bits per heavy atom. The number of anilines is 2. The Morgan fingerprint density at radius 1 is 1.47 bits per heavy atom. The van der Waals surface area contributed by atoms with Crippen molar-refractivity contribution in [1.29, 1.82) is 0 Å². The van der Waals surface area contributed by atoms with Crippen LogP contribution in [-0.2, 0) is 4.74 Å². The number of ether oxygens (including phenoxy) is 1. The van der Waals surface area contributed by atoms with Crippen LogP contribution >= 0.6 is 11.6 Å². The van der Waals surface area contributed by atoms with Gasteiger partial charge in [-0.2, -0.15) is 4.98 Å². The minimum Gasteiger partial charge on any atom is -0.383 e. The van der Waals surface area contributed by atoms with Crippen LogP contribution in [0.25, 0.3) is 0 Å². The van der Waals surface area contributed by atoms with Crippen molar-refractivity contribution in [2.75, 3.05) is 43.6 Å². The zero-order chi connectivity index (χ0) is 14.3. The highest BCUT2D eigenvalue weighted by molar-refractivity contribution is 6.32. The number of nitrogens with zero attached hydrogens (tertiary/aromatic N) is 3. The normalized spacial score (nSPS) is 10.8. The van der Waals surface area contributed by atoms with E-state index in [9.17, 15) is 0 Å². The summed E-state index contributed by atoms with van der Waals surface area (Å²) in [6, 6.07) is 0. The molecule has 0 aromatic carbocycles. The van der Waals surface area contributed by atoms with Crippen molar-refractivity contribution in [2.45, 2.75) is 20.8 Å². The van der Waals surface area contributed by atoms with Crippen LogP contribution in [0.5, 0.6) is 0 Å². The van der Waals surface area contributed by atoms with Gasteiger partial charge < -0.3 is 15.0 Å². The predicted octanol–water partition coefficient (Wildman–Crippen LogP) is 2.67. The smallest absolute Gasteiger partial charge is 0.224 e. The first kappa shape index (κ1) is 16.0. The zero-order valence-electron chi connectivity index (χ0n) is 12.1. The van der Waals surface area contributed by atoms with Gasteiger partial charge in [-0.15, -0.1) is 0 Å². The van der Waals surface area contributed by atoms with Gasteiger partial charge in [0.2, 0.25) is 5.95 Å². The largest absolute Gasteiger partial charge is 0.383 e. The van der Waals surface area contributed by atoms with E-state index in [0.717, 1.165) is 25.5 Å². The van der Waals surface area contributed by atoms with Crippen LogP contribution < -0.4 is 10.2 Å². The minimum absolute atomic E-state index is 0.519. The molecule has 0 fully saturated rings. The number of hydrogen-bond acceptors (Lipinski definition) is 5. The van der Waals surface area contributed by atoms with Gasteiger partial charge in [-0.1, -0.05) is 25.4 Å². The first-order valence-electron chi connectivity index (χ1n) is 6.58. The van der Waals surface area contributed by atoms with Crippen LogP contribution in [0.2, 0.25) is 5.02 Å². The molecule has 1 rings (SSSR count). The van der Waals surface area contributed by atoms with E-state index in [2.05, 4.69) is 34.0 Å². The van der Waals surface area contributed by atoms with Crippen LogP contribution in [0.1, 0.15) is 20.8 Å². The van der Waals surface area contributed by atoms with Crippen molar-refractivity contribution in [1.82, 2.24) is 9.97 Å². The van der Waals surface area contributed by atoms with E-state index in [1.54, 1.807) is 13.3 Å². The number of rotatable bonds is 8. The predicted molar refractivity (Wildman–Crippen MR) is 80.1 cm³/mol. The maximum Gasteiger partial charge on any atom is 0.224 e. The van der Waals surface area contributed by atoms with E-state index in [-0.39, 0.29) is 0 Å². The number of halogens is 1. The molecular weight excluding hydrogens is 264 g/mol. The molecule has 0 unspecified atom stereocenters. The highest BCUT2D eigenvalue weighted by atomic mass is 35.5. The van der Waals surface area contributed by atoms with Gasteiger partial charge in [-0.3, -0.25) is 0 Å². The quantitative estimate of drug-likeness (QED) is 0.796. The van der Waals surface area contributed by atoms with Gasteiger partial charge >= 0.3 is 0 Å².